The van der Waals surface area contributed by atoms with Gasteiger partial charge in [0.05, 0.1) is 5.54 Å². The number of hydrogen-bond donors (Lipinski definition) is 1. The fourth-order valence-electron chi connectivity index (χ4n) is 1.54. The molecule has 1 fully saturated rings. The maximum atomic E-state index is 10.9. The predicted octanol–water partition coefficient (Wildman–Crippen LogP) is -0.808. The molecule has 1 unspecified atom stereocenters. The highest BCUT2D eigenvalue weighted by Crippen LogP contribution is 2.25. The zero-order valence-electron chi connectivity index (χ0n) is 8.18. The van der Waals surface area contributed by atoms with Crippen LogP contribution in [0.2, 0.25) is 0 Å². The molecule has 0 saturated carbocycles. The monoisotopic (exact) mass is 217 g/mol. The highest BCUT2D eigenvalue weighted by molar-refractivity contribution is 7.89. The molecule has 5 nitrogen and oxygen atoms in total. The van der Waals surface area contributed by atoms with Crippen LogP contribution in [0.4, 0.5) is 0 Å². The molecule has 80 valence electrons. The Kier molecular flexibility index (Phi) is 2.17. The summed E-state index contributed by atoms with van der Waals surface area (Å²) in [5.41, 5.74) is 0.0622. The molecule has 6 heteroatoms. The summed E-state index contributed by atoms with van der Waals surface area (Å²) in [7, 11) is -3.31. The van der Waals surface area contributed by atoms with E-state index >= 15 is 0 Å². The van der Waals surface area contributed by atoms with Crippen LogP contribution in [-0.4, -0.2) is 50.0 Å². The lowest BCUT2D eigenvalue weighted by Crippen LogP contribution is -2.56. The number of nitrogens with zero attached hydrogens (tertiary/aromatic N) is 2. The van der Waals surface area contributed by atoms with Gasteiger partial charge in [-0.3, -0.25) is 4.99 Å². The number of sulfonamides is 1. The Morgan fingerprint density at radius 2 is 2.21 bits per heavy atom. The summed E-state index contributed by atoms with van der Waals surface area (Å²) in [6.45, 7) is 4.14. The minimum Gasteiger partial charge on any atom is -0.300 e. The van der Waals surface area contributed by atoms with Gasteiger partial charge in [-0.15, -0.1) is 0 Å². The molecule has 0 amide bonds. The van der Waals surface area contributed by atoms with Gasteiger partial charge in [0, 0.05) is 25.8 Å². The molecule has 0 spiro atoms. The SMILES string of the molecule is CC1(CCN2CC(S(N)(=O)=O)C2)C=N1. The number of likely N-dealkylation sites (tertiary alicyclic amines) is 1. The summed E-state index contributed by atoms with van der Waals surface area (Å²) < 4.78 is 21.8. The summed E-state index contributed by atoms with van der Waals surface area (Å²) in [6, 6.07) is 0. The zero-order valence-corrected chi connectivity index (χ0v) is 9.00. The number of nitrogens with two attached hydrogens (primary N) is 1. The molecule has 0 aromatic heterocycles. The largest absolute Gasteiger partial charge is 0.300 e. The van der Waals surface area contributed by atoms with Crippen LogP contribution < -0.4 is 5.14 Å². The van der Waals surface area contributed by atoms with E-state index in [1.54, 1.807) is 0 Å². The van der Waals surface area contributed by atoms with Crippen molar-refractivity contribution in [3.8, 4) is 0 Å². The maximum absolute atomic E-state index is 10.9. The second-order valence-electron chi connectivity index (χ2n) is 4.34. The van der Waals surface area contributed by atoms with Gasteiger partial charge in [0.2, 0.25) is 10.0 Å². The van der Waals surface area contributed by atoms with Gasteiger partial charge in [-0.2, -0.15) is 0 Å². The molecule has 2 N–H and O–H groups in total. The van der Waals surface area contributed by atoms with Crippen molar-refractivity contribution in [2.75, 3.05) is 19.6 Å². The normalized spacial score (nSPS) is 33.0. The van der Waals surface area contributed by atoms with Crippen LogP contribution >= 0.6 is 0 Å². The third-order valence-corrected chi connectivity index (χ3v) is 4.12. The van der Waals surface area contributed by atoms with Gasteiger partial charge in [-0.05, 0) is 13.3 Å². The summed E-state index contributed by atoms with van der Waals surface area (Å²) in [6.07, 6.45) is 2.91. The first-order valence-electron chi connectivity index (χ1n) is 4.69. The lowest BCUT2D eigenvalue weighted by molar-refractivity contribution is 0.178. The highest BCUT2D eigenvalue weighted by atomic mass is 32.2. The van der Waals surface area contributed by atoms with E-state index in [0.717, 1.165) is 13.0 Å². The van der Waals surface area contributed by atoms with Gasteiger partial charge in [0.25, 0.3) is 0 Å². The zero-order chi connectivity index (χ0) is 10.4. The molecule has 1 saturated heterocycles. The Morgan fingerprint density at radius 3 is 2.64 bits per heavy atom. The van der Waals surface area contributed by atoms with E-state index in [1.165, 1.54) is 0 Å². The first kappa shape index (κ1) is 10.1. The van der Waals surface area contributed by atoms with Crippen molar-refractivity contribution in [2.24, 2.45) is 10.1 Å². The van der Waals surface area contributed by atoms with Gasteiger partial charge in [0.15, 0.2) is 0 Å². The third-order valence-electron chi connectivity index (χ3n) is 2.89. The molecule has 2 aliphatic heterocycles. The first-order valence-corrected chi connectivity index (χ1v) is 6.30. The van der Waals surface area contributed by atoms with Crippen LogP contribution in [0.5, 0.6) is 0 Å². The Labute approximate surface area is 84.0 Å². The molecule has 0 aromatic carbocycles. The highest BCUT2D eigenvalue weighted by Gasteiger charge is 2.37. The van der Waals surface area contributed by atoms with Crippen molar-refractivity contribution in [1.82, 2.24) is 4.90 Å². The molecule has 1 atom stereocenters. The van der Waals surface area contributed by atoms with Crippen LogP contribution in [0.15, 0.2) is 4.99 Å². The minimum absolute atomic E-state index is 0.0622. The lowest BCUT2D eigenvalue weighted by Gasteiger charge is -2.37. The minimum atomic E-state index is -3.31. The fraction of sp³-hybridized carbons (Fsp3) is 0.875. The Morgan fingerprint density at radius 1 is 1.64 bits per heavy atom. The fourth-order valence-corrected chi connectivity index (χ4v) is 2.37. The Balaban J connectivity index is 1.68. The van der Waals surface area contributed by atoms with Gasteiger partial charge in [-0.25, -0.2) is 13.6 Å². The van der Waals surface area contributed by atoms with Crippen LogP contribution in [0.3, 0.4) is 0 Å². The van der Waals surface area contributed by atoms with Gasteiger partial charge >= 0.3 is 0 Å². The second-order valence-corrected chi connectivity index (χ2v) is 6.18. The van der Waals surface area contributed by atoms with E-state index in [-0.39, 0.29) is 10.8 Å². The molecule has 2 rings (SSSR count). The molecule has 14 heavy (non-hydrogen) atoms. The van der Waals surface area contributed by atoms with Gasteiger partial charge in [-0.1, -0.05) is 0 Å². The standard InChI is InChI=1S/C8H15N3O2S/c1-8(6-10-8)2-3-11-4-7(5-11)14(9,12)13/h6-7H,2-5H2,1H3,(H2,9,12,13). The molecular formula is C8H15N3O2S. The topological polar surface area (TPSA) is 75.8 Å². The average molecular weight is 217 g/mol. The molecule has 2 heterocycles. The van der Waals surface area contributed by atoms with Crippen molar-refractivity contribution in [3.05, 3.63) is 0 Å². The first-order chi connectivity index (χ1) is 6.39. The van der Waals surface area contributed by atoms with E-state index in [2.05, 4.69) is 16.8 Å². The molecule has 0 bridgehead atoms. The van der Waals surface area contributed by atoms with E-state index in [9.17, 15) is 8.42 Å². The Bertz CT molecular complexity index is 351. The van der Waals surface area contributed by atoms with Crippen LogP contribution in [0.1, 0.15) is 13.3 Å². The van der Waals surface area contributed by atoms with Crippen LogP contribution in [0.25, 0.3) is 0 Å². The summed E-state index contributed by atoms with van der Waals surface area (Å²) in [5.74, 6) is 0. The van der Waals surface area contributed by atoms with E-state index in [0.29, 0.717) is 13.1 Å². The molecule has 0 aliphatic carbocycles. The second kappa shape index (κ2) is 3.01. The third kappa shape index (κ3) is 2.13. The predicted molar refractivity (Wildman–Crippen MR) is 54.8 cm³/mol. The van der Waals surface area contributed by atoms with Gasteiger partial charge < -0.3 is 4.90 Å². The van der Waals surface area contributed by atoms with Crippen molar-refractivity contribution in [3.63, 3.8) is 0 Å². The summed E-state index contributed by atoms with van der Waals surface area (Å²) in [4.78, 5) is 6.24. The molecule has 2 aliphatic rings. The Hall–Kier alpha value is -0.460. The average Bonchev–Trinajstić information content (AvgIpc) is 2.62. The van der Waals surface area contributed by atoms with Crippen molar-refractivity contribution >= 4 is 16.2 Å². The number of hydrogen-bond acceptors (Lipinski definition) is 4. The van der Waals surface area contributed by atoms with E-state index < -0.39 is 10.0 Å². The number of rotatable bonds is 4. The van der Waals surface area contributed by atoms with Crippen molar-refractivity contribution in [1.29, 1.82) is 0 Å². The van der Waals surface area contributed by atoms with E-state index in [4.69, 9.17) is 5.14 Å². The lowest BCUT2D eigenvalue weighted by atomic mass is 10.1. The maximum Gasteiger partial charge on any atom is 0.214 e. The molecule has 0 radical (unpaired) electrons. The van der Waals surface area contributed by atoms with Crippen LogP contribution in [-0.2, 0) is 10.0 Å². The molecule has 0 aromatic rings. The smallest absolute Gasteiger partial charge is 0.214 e. The van der Waals surface area contributed by atoms with Crippen LogP contribution in [0, 0.1) is 0 Å². The number of primary sulfonamides is 1. The van der Waals surface area contributed by atoms with Gasteiger partial charge in [0.1, 0.15) is 5.25 Å². The number of aliphatic imine (C=N–C) groups is 1. The summed E-state index contributed by atoms with van der Waals surface area (Å²) in [5, 5.41) is 4.67. The molecular weight excluding hydrogens is 202 g/mol. The van der Waals surface area contributed by atoms with E-state index in [1.807, 2.05) is 6.21 Å². The summed E-state index contributed by atoms with van der Waals surface area (Å²) >= 11 is 0. The van der Waals surface area contributed by atoms with Crippen molar-refractivity contribution < 1.29 is 8.42 Å². The van der Waals surface area contributed by atoms with Crippen molar-refractivity contribution in [2.45, 2.75) is 24.1 Å². The quantitative estimate of drug-likeness (QED) is 0.669.